The summed E-state index contributed by atoms with van der Waals surface area (Å²) in [5.74, 6) is 0. The molecule has 0 bridgehead atoms. The van der Waals surface area contributed by atoms with Crippen molar-refractivity contribution in [2.75, 3.05) is 0 Å². The molecule has 8 heteroatoms. The number of hydrogen-bond donors (Lipinski definition) is 2. The van der Waals surface area contributed by atoms with Gasteiger partial charge in [0.2, 0.25) is 0 Å². The summed E-state index contributed by atoms with van der Waals surface area (Å²) in [5, 5.41) is 0.860. The molecule has 0 aliphatic rings. The van der Waals surface area contributed by atoms with Gasteiger partial charge in [-0.15, -0.1) is 0 Å². The molecular weight excluding hydrogens is 220 g/mol. The smallest absolute Gasteiger partial charge is 0.282 e. The molecule has 76 valence electrons. The van der Waals surface area contributed by atoms with E-state index in [1.165, 1.54) is 6.92 Å². The molecule has 6 nitrogen and oxygen atoms in total. The van der Waals surface area contributed by atoms with E-state index in [1.54, 1.807) is 0 Å². The van der Waals surface area contributed by atoms with Crippen LogP contribution in [-0.4, -0.2) is 25.9 Å². The molecule has 0 heterocycles. The van der Waals surface area contributed by atoms with Crippen molar-refractivity contribution in [1.82, 2.24) is 0 Å². The van der Waals surface area contributed by atoms with Gasteiger partial charge in [0.25, 0.3) is 20.2 Å². The average molecular weight is 228 g/mol. The van der Waals surface area contributed by atoms with Gasteiger partial charge in [0, 0.05) is 0 Å². The Morgan fingerprint density at radius 2 is 1.54 bits per heavy atom. The molecule has 0 unspecified atom stereocenters. The molecule has 0 aromatic rings. The van der Waals surface area contributed by atoms with E-state index in [9.17, 15) is 16.8 Å². The third kappa shape index (κ3) is 9.21. The zero-order valence-electron chi connectivity index (χ0n) is 6.58. The lowest BCUT2D eigenvalue weighted by atomic mass is 10.4. The highest BCUT2D eigenvalue weighted by Crippen LogP contribution is 2.00. The molecule has 0 fully saturated rings. The van der Waals surface area contributed by atoms with Crippen molar-refractivity contribution in [1.29, 1.82) is 0 Å². The predicted octanol–water partition coefficient (Wildman–Crippen LogP) is 0.180. The Kier molecular flexibility index (Phi) is 3.79. The maximum absolute atomic E-state index is 10.2. The average Bonchev–Trinajstić information content (AvgIpc) is 1.78. The lowest BCUT2D eigenvalue weighted by molar-refractivity contribution is 0.491. The number of rotatable bonds is 3. The van der Waals surface area contributed by atoms with Gasteiger partial charge in [0.15, 0.2) is 0 Å². The molecule has 0 spiro atoms. The van der Waals surface area contributed by atoms with Gasteiger partial charge >= 0.3 is 0 Å². The van der Waals surface area contributed by atoms with Gasteiger partial charge in [0.05, 0.1) is 10.8 Å². The summed E-state index contributed by atoms with van der Waals surface area (Å²) in [4.78, 5) is 0. The minimum atomic E-state index is -4.28. The van der Waals surface area contributed by atoms with Crippen LogP contribution >= 0.6 is 0 Å². The fourth-order valence-electron chi connectivity index (χ4n) is 0.468. The summed E-state index contributed by atoms with van der Waals surface area (Å²) in [6.07, 6.45) is 0.836. The fraction of sp³-hybridized carbons (Fsp3) is 0.200. The molecule has 0 atom stereocenters. The Balaban J connectivity index is 4.79. The first-order chi connectivity index (χ1) is 5.60. The van der Waals surface area contributed by atoms with Gasteiger partial charge in [-0.1, -0.05) is 0 Å². The second kappa shape index (κ2) is 4.01. The highest BCUT2D eigenvalue weighted by Gasteiger charge is 1.99. The first-order valence-electron chi connectivity index (χ1n) is 2.91. The summed E-state index contributed by atoms with van der Waals surface area (Å²) < 4.78 is 57.1. The molecule has 0 amide bonds. The summed E-state index contributed by atoms with van der Waals surface area (Å²) in [5.41, 5.74) is -0.0277. The third-order valence-corrected chi connectivity index (χ3v) is 1.99. The molecule has 0 aromatic heterocycles. The zero-order chi connectivity index (χ0) is 10.7. The van der Waals surface area contributed by atoms with Crippen molar-refractivity contribution in [2.24, 2.45) is 0 Å². The summed E-state index contributed by atoms with van der Waals surface area (Å²) in [6.45, 7) is 1.25. The molecule has 0 aromatic carbocycles. The van der Waals surface area contributed by atoms with Crippen molar-refractivity contribution >= 4 is 20.2 Å². The first kappa shape index (κ1) is 12.3. The highest BCUT2D eigenvalue weighted by atomic mass is 32.2. The van der Waals surface area contributed by atoms with Gasteiger partial charge in [0.1, 0.15) is 0 Å². The van der Waals surface area contributed by atoms with Gasteiger partial charge in [-0.25, -0.2) is 0 Å². The van der Waals surface area contributed by atoms with Gasteiger partial charge in [-0.05, 0) is 18.6 Å². The van der Waals surface area contributed by atoms with Crippen LogP contribution in [0.2, 0.25) is 0 Å². The fourth-order valence-corrected chi connectivity index (χ4v) is 1.40. The Morgan fingerprint density at radius 3 is 1.85 bits per heavy atom. The monoisotopic (exact) mass is 228 g/mol. The van der Waals surface area contributed by atoms with Crippen molar-refractivity contribution in [3.63, 3.8) is 0 Å². The second-order valence-corrected chi connectivity index (χ2v) is 4.76. The van der Waals surface area contributed by atoms with E-state index in [0.717, 1.165) is 6.08 Å². The Labute approximate surface area is 76.1 Å². The minimum Gasteiger partial charge on any atom is -0.282 e. The van der Waals surface area contributed by atoms with Crippen LogP contribution < -0.4 is 0 Å². The molecule has 0 saturated heterocycles. The van der Waals surface area contributed by atoms with Crippen molar-refractivity contribution in [3.8, 4) is 0 Å². The van der Waals surface area contributed by atoms with Crippen LogP contribution in [0.5, 0.6) is 0 Å². The van der Waals surface area contributed by atoms with Crippen LogP contribution in [-0.2, 0) is 20.2 Å². The van der Waals surface area contributed by atoms with Crippen LogP contribution in [0.15, 0.2) is 22.5 Å². The third-order valence-electron chi connectivity index (χ3n) is 0.838. The molecule has 0 radical (unpaired) electrons. The molecule has 0 saturated carbocycles. The van der Waals surface area contributed by atoms with Gasteiger partial charge < -0.3 is 0 Å². The number of hydrogen-bond acceptors (Lipinski definition) is 4. The molecular formula is C5H8O6S2. The minimum absolute atomic E-state index is 0.0277. The predicted molar refractivity (Wildman–Crippen MR) is 46.0 cm³/mol. The van der Waals surface area contributed by atoms with E-state index in [2.05, 4.69) is 0 Å². The lowest BCUT2D eigenvalue weighted by Gasteiger charge is -1.89. The van der Waals surface area contributed by atoms with Crippen molar-refractivity contribution in [3.05, 3.63) is 22.5 Å². The maximum Gasteiger partial charge on any atom is 0.287 e. The SMILES string of the molecule is CC(/C=C/S(=O)(=O)O)=C\S(=O)(=O)O. The Morgan fingerprint density at radius 1 is 1.08 bits per heavy atom. The first-order valence-corrected chi connectivity index (χ1v) is 5.92. The van der Waals surface area contributed by atoms with Crippen LogP contribution in [0, 0.1) is 0 Å². The summed E-state index contributed by atoms with van der Waals surface area (Å²) in [7, 11) is -8.55. The van der Waals surface area contributed by atoms with E-state index in [4.69, 9.17) is 9.11 Å². The van der Waals surface area contributed by atoms with E-state index in [-0.39, 0.29) is 5.57 Å². The second-order valence-electron chi connectivity index (χ2n) is 2.19. The Bertz CT molecular complexity index is 424. The molecule has 2 N–H and O–H groups in total. The molecule has 0 rings (SSSR count). The van der Waals surface area contributed by atoms with Gasteiger partial charge in [-0.3, -0.25) is 9.11 Å². The topological polar surface area (TPSA) is 109 Å². The zero-order valence-corrected chi connectivity index (χ0v) is 8.21. The largest absolute Gasteiger partial charge is 0.287 e. The normalized spacial score (nSPS) is 15.2. The van der Waals surface area contributed by atoms with Gasteiger partial charge in [-0.2, -0.15) is 16.8 Å². The van der Waals surface area contributed by atoms with E-state index in [1.807, 2.05) is 0 Å². The van der Waals surface area contributed by atoms with E-state index < -0.39 is 20.2 Å². The Hall–Kier alpha value is -0.700. The van der Waals surface area contributed by atoms with E-state index in [0.29, 0.717) is 10.8 Å². The molecule has 0 aliphatic heterocycles. The highest BCUT2D eigenvalue weighted by molar-refractivity contribution is 7.89. The molecule has 0 aliphatic carbocycles. The van der Waals surface area contributed by atoms with Crippen LogP contribution in [0.3, 0.4) is 0 Å². The van der Waals surface area contributed by atoms with Crippen LogP contribution in [0.25, 0.3) is 0 Å². The van der Waals surface area contributed by atoms with Crippen molar-refractivity contribution < 1.29 is 25.9 Å². The molecule has 13 heavy (non-hydrogen) atoms. The quantitative estimate of drug-likeness (QED) is 0.526. The van der Waals surface area contributed by atoms with E-state index >= 15 is 0 Å². The number of allylic oxidation sites excluding steroid dienone is 2. The van der Waals surface area contributed by atoms with Crippen LogP contribution in [0.4, 0.5) is 0 Å². The lowest BCUT2D eigenvalue weighted by Crippen LogP contribution is -1.92. The maximum atomic E-state index is 10.2. The van der Waals surface area contributed by atoms with Crippen LogP contribution in [0.1, 0.15) is 6.92 Å². The summed E-state index contributed by atoms with van der Waals surface area (Å²) >= 11 is 0. The summed E-state index contributed by atoms with van der Waals surface area (Å²) in [6, 6.07) is 0. The standard InChI is InChI=1S/C5H8O6S2/c1-5(4-13(9,10)11)2-3-12(6,7)8/h2-4H,1H3,(H,6,7,8)(H,9,10,11)/b3-2+,5-4+. The van der Waals surface area contributed by atoms with Crippen molar-refractivity contribution in [2.45, 2.75) is 6.92 Å².